The van der Waals surface area contributed by atoms with Gasteiger partial charge in [-0.25, -0.2) is 21.2 Å². The summed E-state index contributed by atoms with van der Waals surface area (Å²) in [4.78, 5) is 0.186. The molecule has 0 bridgehead atoms. The van der Waals surface area contributed by atoms with Crippen LogP contribution in [0.2, 0.25) is 0 Å². The van der Waals surface area contributed by atoms with Gasteiger partial charge in [-0.3, -0.25) is 0 Å². The van der Waals surface area contributed by atoms with Gasteiger partial charge in [-0.1, -0.05) is 30.3 Å². The van der Waals surface area contributed by atoms with Gasteiger partial charge in [-0.2, -0.15) is 8.61 Å². The summed E-state index contributed by atoms with van der Waals surface area (Å²) in [5, 5.41) is 1.78. The zero-order valence-electron chi connectivity index (χ0n) is 16.1. The molecule has 6 nitrogen and oxygen atoms in total. The summed E-state index contributed by atoms with van der Waals surface area (Å²) in [6.45, 7) is 0.510. The first-order valence-electron chi connectivity index (χ1n) is 9.53. The predicted octanol–water partition coefficient (Wildman–Crippen LogP) is 3.06. The van der Waals surface area contributed by atoms with E-state index in [0.717, 1.165) is 22.9 Å². The van der Waals surface area contributed by atoms with E-state index in [1.165, 1.54) is 20.7 Å². The number of hydrogen-bond donors (Lipinski definition) is 0. The molecule has 1 saturated heterocycles. The van der Waals surface area contributed by atoms with Crippen molar-refractivity contribution in [2.24, 2.45) is 0 Å². The molecule has 0 radical (unpaired) electrons. The summed E-state index contributed by atoms with van der Waals surface area (Å²) in [5.74, 6) is -0.516. The first-order chi connectivity index (χ1) is 14.3. The van der Waals surface area contributed by atoms with Gasteiger partial charge >= 0.3 is 0 Å². The zero-order valence-corrected chi connectivity index (χ0v) is 17.7. The summed E-state index contributed by atoms with van der Waals surface area (Å²) in [6.07, 6.45) is 0.368. The van der Waals surface area contributed by atoms with Crippen LogP contribution in [0.25, 0.3) is 10.8 Å². The Morgan fingerprint density at radius 2 is 1.17 bits per heavy atom. The lowest BCUT2D eigenvalue weighted by Crippen LogP contribution is -2.37. The van der Waals surface area contributed by atoms with E-state index >= 15 is 0 Å². The van der Waals surface area contributed by atoms with Gasteiger partial charge in [-0.15, -0.1) is 0 Å². The maximum atomic E-state index is 13.2. The molecule has 1 aliphatic heterocycles. The summed E-state index contributed by atoms with van der Waals surface area (Å²) in [6, 6.07) is 17.1. The lowest BCUT2D eigenvalue weighted by atomic mass is 10.1. The Labute approximate surface area is 175 Å². The monoisotopic (exact) mass is 448 g/mol. The van der Waals surface area contributed by atoms with E-state index in [9.17, 15) is 21.2 Å². The normalized spacial score (nSPS) is 17.1. The molecule has 30 heavy (non-hydrogen) atoms. The molecule has 0 aliphatic carbocycles. The molecular weight excluding hydrogens is 427 g/mol. The van der Waals surface area contributed by atoms with Crippen molar-refractivity contribution in [1.29, 1.82) is 0 Å². The van der Waals surface area contributed by atoms with Crippen LogP contribution in [0.3, 0.4) is 0 Å². The minimum Gasteiger partial charge on any atom is -0.207 e. The Kier molecular flexibility index (Phi) is 5.63. The first kappa shape index (κ1) is 20.9. The summed E-state index contributed by atoms with van der Waals surface area (Å²) in [7, 11) is -7.57. The van der Waals surface area contributed by atoms with E-state index in [-0.39, 0.29) is 36.0 Å². The molecular formula is C21H21FN2O4S2. The fourth-order valence-electron chi connectivity index (χ4n) is 3.58. The number of nitrogens with zero attached hydrogens (tertiary/aromatic N) is 2. The number of rotatable bonds is 4. The van der Waals surface area contributed by atoms with Crippen LogP contribution in [-0.2, 0) is 20.0 Å². The number of halogens is 1. The fourth-order valence-corrected chi connectivity index (χ4v) is 6.56. The molecule has 0 spiro atoms. The molecule has 1 aliphatic rings. The van der Waals surface area contributed by atoms with Gasteiger partial charge in [0, 0.05) is 26.2 Å². The fraction of sp³-hybridized carbons (Fsp3) is 0.238. The molecule has 1 heterocycles. The van der Waals surface area contributed by atoms with Crippen LogP contribution in [0.4, 0.5) is 4.39 Å². The molecule has 0 aromatic heterocycles. The van der Waals surface area contributed by atoms with Crippen molar-refractivity contribution in [2.45, 2.75) is 16.2 Å². The number of sulfonamides is 2. The SMILES string of the molecule is O=S(=O)(c1ccc(F)cc1)N1CCCN(S(=O)(=O)c2ccc3ccccc3c2)CC1. The van der Waals surface area contributed by atoms with Gasteiger partial charge < -0.3 is 0 Å². The standard InChI is InChI=1S/C21H21FN2O4S2/c22-19-7-10-20(11-8-19)29(25,26)23-12-3-13-24(15-14-23)30(27,28)21-9-6-17-4-1-2-5-18(17)16-21/h1-2,4-11,16H,3,12-15H2. The van der Waals surface area contributed by atoms with Gasteiger partial charge in [-0.05, 0) is 53.6 Å². The second kappa shape index (κ2) is 8.07. The second-order valence-corrected chi connectivity index (χ2v) is 11.0. The number of hydrogen-bond acceptors (Lipinski definition) is 4. The topological polar surface area (TPSA) is 74.8 Å². The van der Waals surface area contributed by atoms with Crippen LogP contribution in [0.5, 0.6) is 0 Å². The Bertz CT molecular complexity index is 1280. The average molecular weight is 449 g/mol. The Hall–Kier alpha value is -2.33. The van der Waals surface area contributed by atoms with Gasteiger partial charge in [0.1, 0.15) is 5.82 Å². The third kappa shape index (κ3) is 3.98. The Balaban J connectivity index is 1.56. The van der Waals surface area contributed by atoms with Crippen molar-refractivity contribution in [1.82, 2.24) is 8.61 Å². The lowest BCUT2D eigenvalue weighted by Gasteiger charge is -2.22. The first-order valence-corrected chi connectivity index (χ1v) is 12.4. The molecule has 4 rings (SSSR count). The minimum atomic E-state index is -3.82. The molecule has 0 N–H and O–H groups in total. The summed E-state index contributed by atoms with van der Waals surface area (Å²) in [5.41, 5.74) is 0. The molecule has 0 unspecified atom stereocenters. The maximum Gasteiger partial charge on any atom is 0.243 e. The van der Waals surface area contributed by atoms with Gasteiger partial charge in [0.15, 0.2) is 0 Å². The van der Waals surface area contributed by atoms with E-state index in [1.54, 1.807) is 18.2 Å². The number of benzene rings is 3. The third-order valence-electron chi connectivity index (χ3n) is 5.22. The quantitative estimate of drug-likeness (QED) is 0.615. The second-order valence-electron chi connectivity index (χ2n) is 7.12. The van der Waals surface area contributed by atoms with Gasteiger partial charge in [0.2, 0.25) is 20.0 Å². The Morgan fingerprint density at radius 1 is 0.633 bits per heavy atom. The highest BCUT2D eigenvalue weighted by Gasteiger charge is 2.31. The van der Waals surface area contributed by atoms with E-state index < -0.39 is 25.9 Å². The molecule has 9 heteroatoms. The highest BCUT2D eigenvalue weighted by molar-refractivity contribution is 7.89. The van der Waals surface area contributed by atoms with Crippen molar-refractivity contribution in [3.63, 3.8) is 0 Å². The number of fused-ring (bicyclic) bond motifs is 1. The van der Waals surface area contributed by atoms with E-state index in [2.05, 4.69) is 0 Å². The highest BCUT2D eigenvalue weighted by Crippen LogP contribution is 2.24. The van der Waals surface area contributed by atoms with Crippen molar-refractivity contribution in [2.75, 3.05) is 26.2 Å². The van der Waals surface area contributed by atoms with E-state index in [0.29, 0.717) is 6.42 Å². The van der Waals surface area contributed by atoms with E-state index in [1.807, 2.05) is 24.3 Å². The smallest absolute Gasteiger partial charge is 0.207 e. The lowest BCUT2D eigenvalue weighted by molar-refractivity contribution is 0.404. The van der Waals surface area contributed by atoms with Crippen LogP contribution < -0.4 is 0 Å². The average Bonchev–Trinajstić information content (AvgIpc) is 3.01. The molecule has 0 atom stereocenters. The van der Waals surface area contributed by atoms with Crippen molar-refractivity contribution >= 4 is 30.8 Å². The predicted molar refractivity (Wildman–Crippen MR) is 112 cm³/mol. The molecule has 1 fully saturated rings. The van der Waals surface area contributed by atoms with E-state index in [4.69, 9.17) is 0 Å². The summed E-state index contributed by atoms with van der Waals surface area (Å²) < 4.78 is 67.8. The third-order valence-corrected chi connectivity index (χ3v) is 9.03. The Morgan fingerprint density at radius 3 is 1.80 bits per heavy atom. The van der Waals surface area contributed by atoms with Crippen molar-refractivity contribution < 1.29 is 21.2 Å². The van der Waals surface area contributed by atoms with Crippen LogP contribution in [0, 0.1) is 5.82 Å². The van der Waals surface area contributed by atoms with Crippen LogP contribution in [-0.4, -0.2) is 51.6 Å². The molecule has 158 valence electrons. The van der Waals surface area contributed by atoms with Gasteiger partial charge in [0.25, 0.3) is 0 Å². The minimum absolute atomic E-state index is 0.00487. The molecule has 3 aromatic rings. The molecule has 3 aromatic carbocycles. The zero-order chi connectivity index (χ0) is 21.4. The maximum absolute atomic E-state index is 13.2. The molecule has 0 amide bonds. The summed E-state index contributed by atoms with van der Waals surface area (Å²) >= 11 is 0. The highest BCUT2D eigenvalue weighted by atomic mass is 32.2. The molecule has 0 saturated carbocycles. The van der Waals surface area contributed by atoms with Gasteiger partial charge in [0.05, 0.1) is 9.79 Å². The van der Waals surface area contributed by atoms with Crippen molar-refractivity contribution in [3.05, 3.63) is 72.5 Å². The van der Waals surface area contributed by atoms with Crippen LogP contribution in [0.15, 0.2) is 76.5 Å². The largest absolute Gasteiger partial charge is 0.243 e. The van der Waals surface area contributed by atoms with Crippen LogP contribution >= 0.6 is 0 Å². The van der Waals surface area contributed by atoms with Crippen molar-refractivity contribution in [3.8, 4) is 0 Å². The van der Waals surface area contributed by atoms with Crippen LogP contribution in [0.1, 0.15) is 6.42 Å².